The molecule has 0 aliphatic rings. The monoisotopic (exact) mass is 304 g/mol. The molecule has 0 aliphatic heterocycles. The number of guanidine groups is 1. The highest BCUT2D eigenvalue weighted by Gasteiger charge is 2.20. The lowest BCUT2D eigenvalue weighted by atomic mass is 9.96. The fourth-order valence-corrected chi connectivity index (χ4v) is 1.73. The number of amides is 1. The van der Waals surface area contributed by atoms with Gasteiger partial charge in [0.1, 0.15) is 0 Å². The SMILES string of the molecule is CN=C(NCCNC(=O)C(C)(C)C)NCc1ccc(C)cc1. The zero-order valence-electron chi connectivity index (χ0n) is 14.3. The molecule has 0 heterocycles. The van der Waals surface area contributed by atoms with Crippen LogP contribution in [-0.4, -0.2) is 32.0 Å². The Hall–Kier alpha value is -2.04. The number of benzene rings is 1. The average Bonchev–Trinajstić information content (AvgIpc) is 2.47. The quantitative estimate of drug-likeness (QED) is 0.442. The second-order valence-corrected chi connectivity index (χ2v) is 6.34. The third kappa shape index (κ3) is 6.61. The normalized spacial score (nSPS) is 12.0. The summed E-state index contributed by atoms with van der Waals surface area (Å²) in [5.41, 5.74) is 2.10. The minimum Gasteiger partial charge on any atom is -0.355 e. The largest absolute Gasteiger partial charge is 0.355 e. The number of hydrogen-bond donors (Lipinski definition) is 3. The summed E-state index contributed by atoms with van der Waals surface area (Å²) in [5, 5.41) is 9.33. The van der Waals surface area contributed by atoms with Crippen LogP contribution in [0.25, 0.3) is 0 Å². The van der Waals surface area contributed by atoms with Crippen LogP contribution in [0.4, 0.5) is 0 Å². The van der Waals surface area contributed by atoms with Gasteiger partial charge in [-0.05, 0) is 12.5 Å². The summed E-state index contributed by atoms with van der Waals surface area (Å²) in [6.07, 6.45) is 0. The Bertz CT molecular complexity index is 500. The fourth-order valence-electron chi connectivity index (χ4n) is 1.73. The first kappa shape index (κ1) is 18.0. The van der Waals surface area contributed by atoms with Crippen molar-refractivity contribution < 1.29 is 4.79 Å². The van der Waals surface area contributed by atoms with Crippen LogP contribution in [0.3, 0.4) is 0 Å². The van der Waals surface area contributed by atoms with E-state index in [1.165, 1.54) is 11.1 Å². The molecule has 0 radical (unpaired) electrons. The average molecular weight is 304 g/mol. The van der Waals surface area contributed by atoms with E-state index in [2.05, 4.69) is 52.1 Å². The Labute approximate surface area is 133 Å². The minimum absolute atomic E-state index is 0.0527. The molecule has 1 amide bonds. The Morgan fingerprint density at radius 2 is 1.64 bits per heavy atom. The van der Waals surface area contributed by atoms with Gasteiger partial charge in [-0.15, -0.1) is 0 Å². The van der Waals surface area contributed by atoms with Gasteiger partial charge in [-0.3, -0.25) is 9.79 Å². The molecule has 5 nitrogen and oxygen atoms in total. The molecule has 0 bridgehead atoms. The molecule has 0 atom stereocenters. The minimum atomic E-state index is -0.356. The summed E-state index contributed by atoms with van der Waals surface area (Å²) in [6.45, 7) is 9.70. The van der Waals surface area contributed by atoms with Crippen LogP contribution >= 0.6 is 0 Å². The first-order chi connectivity index (χ1) is 10.3. The lowest BCUT2D eigenvalue weighted by Crippen LogP contribution is -2.43. The van der Waals surface area contributed by atoms with E-state index < -0.39 is 0 Å². The van der Waals surface area contributed by atoms with Gasteiger partial charge in [0, 0.05) is 32.1 Å². The van der Waals surface area contributed by atoms with E-state index in [9.17, 15) is 4.79 Å². The van der Waals surface area contributed by atoms with E-state index in [4.69, 9.17) is 0 Å². The van der Waals surface area contributed by atoms with Gasteiger partial charge in [0.05, 0.1) is 0 Å². The van der Waals surface area contributed by atoms with E-state index in [0.29, 0.717) is 19.6 Å². The zero-order valence-corrected chi connectivity index (χ0v) is 14.3. The zero-order chi connectivity index (χ0) is 16.6. The first-order valence-electron chi connectivity index (χ1n) is 7.61. The number of rotatable bonds is 5. The topological polar surface area (TPSA) is 65.5 Å². The van der Waals surface area contributed by atoms with Crippen molar-refractivity contribution >= 4 is 11.9 Å². The van der Waals surface area contributed by atoms with Gasteiger partial charge in [-0.25, -0.2) is 0 Å². The van der Waals surface area contributed by atoms with Gasteiger partial charge < -0.3 is 16.0 Å². The number of hydrogen-bond acceptors (Lipinski definition) is 2. The highest BCUT2D eigenvalue weighted by molar-refractivity contribution is 5.81. The second-order valence-electron chi connectivity index (χ2n) is 6.34. The molecular formula is C17H28N4O. The van der Waals surface area contributed by atoms with Crippen LogP contribution in [0.1, 0.15) is 31.9 Å². The molecule has 122 valence electrons. The van der Waals surface area contributed by atoms with Gasteiger partial charge in [-0.2, -0.15) is 0 Å². The number of aryl methyl sites for hydroxylation is 1. The number of aliphatic imine (C=N–C) groups is 1. The fraction of sp³-hybridized carbons (Fsp3) is 0.529. The van der Waals surface area contributed by atoms with Crippen molar-refractivity contribution in [3.8, 4) is 0 Å². The van der Waals surface area contributed by atoms with Crippen LogP contribution in [-0.2, 0) is 11.3 Å². The predicted octanol–water partition coefficient (Wildman–Crippen LogP) is 1.82. The van der Waals surface area contributed by atoms with E-state index in [1.54, 1.807) is 7.05 Å². The molecule has 3 N–H and O–H groups in total. The molecular weight excluding hydrogens is 276 g/mol. The molecule has 5 heteroatoms. The summed E-state index contributed by atoms with van der Waals surface area (Å²) in [6, 6.07) is 8.38. The summed E-state index contributed by atoms with van der Waals surface area (Å²) < 4.78 is 0. The Kier molecular flexibility index (Phi) is 6.89. The summed E-state index contributed by atoms with van der Waals surface area (Å²) in [7, 11) is 1.73. The van der Waals surface area contributed by atoms with Crippen molar-refractivity contribution in [1.29, 1.82) is 0 Å². The highest BCUT2D eigenvalue weighted by Crippen LogP contribution is 2.11. The molecule has 0 aliphatic carbocycles. The molecule has 0 unspecified atom stereocenters. The molecule has 1 rings (SSSR count). The van der Waals surface area contributed by atoms with Crippen molar-refractivity contribution in [2.24, 2.45) is 10.4 Å². The van der Waals surface area contributed by atoms with Gasteiger partial charge in [0.15, 0.2) is 5.96 Å². The summed E-state index contributed by atoms with van der Waals surface area (Å²) in [4.78, 5) is 15.9. The Morgan fingerprint density at radius 1 is 1.05 bits per heavy atom. The third-order valence-electron chi connectivity index (χ3n) is 3.19. The molecule has 0 aromatic heterocycles. The van der Waals surface area contributed by atoms with Crippen molar-refractivity contribution in [2.75, 3.05) is 20.1 Å². The number of carbonyl (C=O) groups excluding carboxylic acids is 1. The molecule has 0 fully saturated rings. The maximum atomic E-state index is 11.7. The molecule has 0 saturated carbocycles. The Balaban J connectivity index is 2.28. The van der Waals surface area contributed by atoms with Crippen molar-refractivity contribution in [1.82, 2.24) is 16.0 Å². The predicted molar refractivity (Wildman–Crippen MR) is 91.8 cm³/mol. The van der Waals surface area contributed by atoms with Gasteiger partial charge in [0.25, 0.3) is 0 Å². The summed E-state index contributed by atoms with van der Waals surface area (Å²) in [5.74, 6) is 0.780. The van der Waals surface area contributed by atoms with Crippen molar-refractivity contribution in [3.05, 3.63) is 35.4 Å². The van der Waals surface area contributed by atoms with Crippen LogP contribution in [0, 0.1) is 12.3 Å². The van der Waals surface area contributed by atoms with Crippen LogP contribution < -0.4 is 16.0 Å². The lowest BCUT2D eigenvalue weighted by molar-refractivity contribution is -0.128. The molecule has 22 heavy (non-hydrogen) atoms. The van der Waals surface area contributed by atoms with Gasteiger partial charge in [0.2, 0.25) is 5.91 Å². The molecule has 0 saturated heterocycles. The number of carbonyl (C=O) groups is 1. The van der Waals surface area contributed by atoms with Crippen LogP contribution in [0.2, 0.25) is 0 Å². The van der Waals surface area contributed by atoms with Gasteiger partial charge >= 0.3 is 0 Å². The first-order valence-corrected chi connectivity index (χ1v) is 7.61. The van der Waals surface area contributed by atoms with Crippen LogP contribution in [0.15, 0.2) is 29.3 Å². The third-order valence-corrected chi connectivity index (χ3v) is 3.19. The smallest absolute Gasteiger partial charge is 0.225 e. The summed E-state index contributed by atoms with van der Waals surface area (Å²) >= 11 is 0. The van der Waals surface area contributed by atoms with E-state index in [-0.39, 0.29) is 11.3 Å². The Morgan fingerprint density at radius 3 is 2.18 bits per heavy atom. The lowest BCUT2D eigenvalue weighted by Gasteiger charge is -2.18. The van der Waals surface area contributed by atoms with Crippen molar-refractivity contribution in [3.63, 3.8) is 0 Å². The maximum absolute atomic E-state index is 11.7. The maximum Gasteiger partial charge on any atom is 0.225 e. The van der Waals surface area contributed by atoms with E-state index in [1.807, 2.05) is 20.8 Å². The van der Waals surface area contributed by atoms with E-state index >= 15 is 0 Å². The number of nitrogens with zero attached hydrogens (tertiary/aromatic N) is 1. The van der Waals surface area contributed by atoms with E-state index in [0.717, 1.165) is 5.96 Å². The van der Waals surface area contributed by atoms with Crippen molar-refractivity contribution in [2.45, 2.75) is 34.2 Å². The number of nitrogens with one attached hydrogen (secondary N) is 3. The molecule has 1 aromatic carbocycles. The second kappa shape index (κ2) is 8.41. The van der Waals surface area contributed by atoms with Gasteiger partial charge in [-0.1, -0.05) is 50.6 Å². The molecule has 1 aromatic rings. The standard InChI is InChI=1S/C17H28N4O/c1-13-6-8-14(9-7-13)12-21-16(18-5)20-11-10-19-15(22)17(2,3)4/h6-9H,10-12H2,1-5H3,(H,19,22)(H2,18,20,21). The highest BCUT2D eigenvalue weighted by atomic mass is 16.2. The van der Waals surface area contributed by atoms with Crippen LogP contribution in [0.5, 0.6) is 0 Å². The molecule has 0 spiro atoms.